The second-order valence-electron chi connectivity index (χ2n) is 3.47. The van der Waals surface area contributed by atoms with Gasteiger partial charge in [0.15, 0.2) is 0 Å². The first-order valence-corrected chi connectivity index (χ1v) is 6.89. The van der Waals surface area contributed by atoms with Crippen LogP contribution in [-0.2, 0) is 10.0 Å². The van der Waals surface area contributed by atoms with E-state index in [2.05, 4.69) is 5.32 Å². The first kappa shape index (κ1) is 15.3. The standard InChI is InChI=1S/C9H10ClN3O5S/c1-2-12-9(14)6-3-5(13(15)16)4-7(8(6)10)19(11,17)18/h3-4H,2H2,1H3,(H,12,14)(H2,11,17,18). The van der Waals surface area contributed by atoms with Crippen molar-refractivity contribution in [3.05, 3.63) is 32.8 Å². The molecule has 1 rings (SSSR count). The molecule has 0 aromatic heterocycles. The van der Waals surface area contributed by atoms with Gasteiger partial charge in [0.25, 0.3) is 11.6 Å². The zero-order valence-electron chi connectivity index (χ0n) is 9.71. The number of nitro benzene ring substituents is 1. The van der Waals surface area contributed by atoms with Crippen molar-refractivity contribution in [3.63, 3.8) is 0 Å². The van der Waals surface area contributed by atoms with E-state index in [1.807, 2.05) is 0 Å². The minimum atomic E-state index is -4.28. The van der Waals surface area contributed by atoms with Crippen LogP contribution in [0.3, 0.4) is 0 Å². The van der Waals surface area contributed by atoms with Gasteiger partial charge in [-0.05, 0) is 6.92 Å². The lowest BCUT2D eigenvalue weighted by molar-refractivity contribution is -0.385. The van der Waals surface area contributed by atoms with Crippen molar-refractivity contribution in [2.45, 2.75) is 11.8 Å². The Morgan fingerprint density at radius 3 is 2.53 bits per heavy atom. The molecule has 1 amide bonds. The molecule has 0 bridgehead atoms. The van der Waals surface area contributed by atoms with Gasteiger partial charge < -0.3 is 5.32 Å². The van der Waals surface area contributed by atoms with Crippen LogP contribution in [0.2, 0.25) is 5.02 Å². The van der Waals surface area contributed by atoms with Crippen molar-refractivity contribution in [1.82, 2.24) is 5.32 Å². The van der Waals surface area contributed by atoms with Crippen LogP contribution in [0.1, 0.15) is 17.3 Å². The van der Waals surface area contributed by atoms with E-state index in [0.717, 1.165) is 6.07 Å². The van der Waals surface area contributed by atoms with E-state index in [-0.39, 0.29) is 12.1 Å². The number of hydrogen-bond donors (Lipinski definition) is 2. The van der Waals surface area contributed by atoms with Crippen LogP contribution < -0.4 is 10.5 Å². The quantitative estimate of drug-likeness (QED) is 0.622. The number of carbonyl (C=O) groups is 1. The van der Waals surface area contributed by atoms with Crippen molar-refractivity contribution in [1.29, 1.82) is 0 Å². The van der Waals surface area contributed by atoms with Crippen molar-refractivity contribution < 1.29 is 18.1 Å². The number of primary sulfonamides is 1. The molecule has 10 heteroatoms. The number of nitrogens with one attached hydrogen (secondary N) is 1. The molecule has 8 nitrogen and oxygen atoms in total. The fourth-order valence-electron chi connectivity index (χ4n) is 1.32. The van der Waals surface area contributed by atoms with Gasteiger partial charge in [-0.15, -0.1) is 0 Å². The molecule has 1 aromatic carbocycles. The van der Waals surface area contributed by atoms with E-state index in [1.165, 1.54) is 0 Å². The number of halogens is 1. The first-order chi connectivity index (χ1) is 8.68. The van der Waals surface area contributed by atoms with Gasteiger partial charge in [-0.25, -0.2) is 13.6 Å². The Kier molecular flexibility index (Phi) is 4.45. The van der Waals surface area contributed by atoms with Crippen molar-refractivity contribution >= 4 is 33.2 Å². The van der Waals surface area contributed by atoms with Crippen LogP contribution >= 0.6 is 11.6 Å². The molecular formula is C9H10ClN3O5S. The topological polar surface area (TPSA) is 132 Å². The van der Waals surface area contributed by atoms with Gasteiger partial charge in [0.05, 0.1) is 15.5 Å². The fourth-order valence-corrected chi connectivity index (χ4v) is 2.48. The lowest BCUT2D eigenvalue weighted by Crippen LogP contribution is -2.24. The monoisotopic (exact) mass is 307 g/mol. The second kappa shape index (κ2) is 5.51. The van der Waals surface area contributed by atoms with Crippen LogP contribution in [0.4, 0.5) is 5.69 Å². The highest BCUT2D eigenvalue weighted by molar-refractivity contribution is 7.89. The van der Waals surface area contributed by atoms with E-state index >= 15 is 0 Å². The van der Waals surface area contributed by atoms with Gasteiger partial charge in [-0.3, -0.25) is 14.9 Å². The Labute approximate surface area is 113 Å². The molecule has 1 aromatic rings. The van der Waals surface area contributed by atoms with Gasteiger partial charge in [0.1, 0.15) is 4.90 Å². The van der Waals surface area contributed by atoms with Crippen LogP contribution in [0.25, 0.3) is 0 Å². The van der Waals surface area contributed by atoms with Crippen molar-refractivity contribution in [2.24, 2.45) is 5.14 Å². The van der Waals surface area contributed by atoms with Gasteiger partial charge in [-0.2, -0.15) is 0 Å². The highest BCUT2D eigenvalue weighted by Crippen LogP contribution is 2.29. The molecule has 0 fully saturated rings. The summed E-state index contributed by atoms with van der Waals surface area (Å²) in [5.41, 5.74) is -0.906. The molecule has 0 heterocycles. The SMILES string of the molecule is CCNC(=O)c1cc([N+](=O)[O-])cc(S(N)(=O)=O)c1Cl. The number of amides is 1. The Balaban J connectivity index is 3.60. The average Bonchev–Trinajstić information content (AvgIpc) is 2.27. The molecule has 0 atom stereocenters. The van der Waals surface area contributed by atoms with Gasteiger partial charge in [-0.1, -0.05) is 11.6 Å². The summed E-state index contributed by atoms with van der Waals surface area (Å²) >= 11 is 5.76. The molecule has 0 spiro atoms. The molecule has 19 heavy (non-hydrogen) atoms. The Bertz CT molecular complexity index is 644. The molecule has 0 unspecified atom stereocenters. The summed E-state index contributed by atoms with van der Waals surface area (Å²) in [7, 11) is -4.28. The number of hydrogen-bond acceptors (Lipinski definition) is 5. The molecule has 0 aliphatic carbocycles. The van der Waals surface area contributed by atoms with Gasteiger partial charge in [0, 0.05) is 18.7 Å². The predicted octanol–water partition coefficient (Wildman–Crippen LogP) is 0.645. The van der Waals surface area contributed by atoms with Gasteiger partial charge >= 0.3 is 0 Å². The third-order valence-electron chi connectivity index (χ3n) is 2.12. The molecule has 0 radical (unpaired) electrons. The molecule has 0 saturated carbocycles. The van der Waals surface area contributed by atoms with Crippen LogP contribution in [0.15, 0.2) is 17.0 Å². The summed E-state index contributed by atoms with van der Waals surface area (Å²) in [5, 5.41) is 17.5. The number of nitro groups is 1. The number of nitrogens with two attached hydrogens (primary N) is 1. The minimum Gasteiger partial charge on any atom is -0.352 e. The second-order valence-corrected chi connectivity index (χ2v) is 5.37. The third kappa shape index (κ3) is 3.40. The number of rotatable bonds is 4. The van der Waals surface area contributed by atoms with Crippen molar-refractivity contribution in [2.75, 3.05) is 6.54 Å². The molecule has 0 saturated heterocycles. The molecule has 0 aliphatic rings. The number of non-ortho nitro benzene ring substituents is 1. The Morgan fingerprint density at radius 1 is 1.53 bits per heavy atom. The summed E-state index contributed by atoms with van der Waals surface area (Å²) in [6, 6.07) is 1.60. The Morgan fingerprint density at radius 2 is 2.11 bits per heavy atom. The maximum atomic E-state index is 11.7. The highest BCUT2D eigenvalue weighted by atomic mass is 35.5. The molecule has 0 aliphatic heterocycles. The van der Waals surface area contributed by atoms with E-state index in [1.54, 1.807) is 6.92 Å². The average molecular weight is 308 g/mol. The number of benzene rings is 1. The lowest BCUT2D eigenvalue weighted by atomic mass is 10.2. The molecular weight excluding hydrogens is 298 g/mol. The highest BCUT2D eigenvalue weighted by Gasteiger charge is 2.24. The van der Waals surface area contributed by atoms with E-state index in [4.69, 9.17) is 16.7 Å². The maximum absolute atomic E-state index is 11.7. The van der Waals surface area contributed by atoms with Crippen LogP contribution in [0, 0.1) is 10.1 Å². The zero-order valence-corrected chi connectivity index (χ0v) is 11.3. The normalized spacial score (nSPS) is 11.1. The van der Waals surface area contributed by atoms with Crippen LogP contribution in [0.5, 0.6) is 0 Å². The predicted molar refractivity (Wildman–Crippen MR) is 67.5 cm³/mol. The Hall–Kier alpha value is -1.71. The maximum Gasteiger partial charge on any atom is 0.271 e. The molecule has 3 N–H and O–H groups in total. The fraction of sp³-hybridized carbons (Fsp3) is 0.222. The lowest BCUT2D eigenvalue weighted by Gasteiger charge is -2.08. The minimum absolute atomic E-state index is 0.253. The summed E-state index contributed by atoms with van der Waals surface area (Å²) in [5.74, 6) is -0.721. The number of carbonyl (C=O) groups excluding carboxylic acids is 1. The summed E-state index contributed by atoms with van der Waals surface area (Å²) in [6.45, 7) is 1.88. The summed E-state index contributed by atoms with van der Waals surface area (Å²) in [4.78, 5) is 20.9. The number of nitrogens with zero attached hydrogens (tertiary/aromatic N) is 1. The van der Waals surface area contributed by atoms with E-state index < -0.39 is 36.5 Å². The van der Waals surface area contributed by atoms with Crippen molar-refractivity contribution in [3.8, 4) is 0 Å². The zero-order chi connectivity index (χ0) is 14.8. The summed E-state index contributed by atoms with van der Waals surface area (Å²) < 4.78 is 22.6. The number of sulfonamides is 1. The molecule has 104 valence electrons. The van der Waals surface area contributed by atoms with E-state index in [9.17, 15) is 23.3 Å². The van der Waals surface area contributed by atoms with Crippen LogP contribution in [-0.4, -0.2) is 25.8 Å². The summed E-state index contributed by atoms with van der Waals surface area (Å²) in [6.07, 6.45) is 0. The first-order valence-electron chi connectivity index (χ1n) is 4.97. The largest absolute Gasteiger partial charge is 0.352 e. The van der Waals surface area contributed by atoms with Gasteiger partial charge in [0.2, 0.25) is 10.0 Å². The van der Waals surface area contributed by atoms with E-state index in [0.29, 0.717) is 6.07 Å². The smallest absolute Gasteiger partial charge is 0.271 e. The third-order valence-corrected chi connectivity index (χ3v) is 3.58.